The second-order valence-electron chi connectivity index (χ2n) is 12.0. The molecule has 1 aliphatic heterocycles. The van der Waals surface area contributed by atoms with Gasteiger partial charge in [0, 0.05) is 23.8 Å². The van der Waals surface area contributed by atoms with E-state index in [1.807, 2.05) is 30.3 Å². The highest BCUT2D eigenvalue weighted by Gasteiger charge is 2.37. The number of rotatable bonds is 11. The number of piperidine rings is 1. The van der Waals surface area contributed by atoms with Gasteiger partial charge in [0.25, 0.3) is 0 Å². The van der Waals surface area contributed by atoms with Crippen molar-refractivity contribution >= 4 is 23.5 Å². The number of nitriles is 2. The largest absolute Gasteiger partial charge is 0.444 e. The average Bonchev–Trinajstić information content (AvgIpc) is 3.09. The van der Waals surface area contributed by atoms with Crippen LogP contribution in [0.4, 0.5) is 25.4 Å². The number of hydrogen-bond acceptors (Lipinski definition) is 6. The molecule has 1 fully saturated rings. The zero-order chi connectivity index (χ0) is 33.9. The van der Waals surface area contributed by atoms with Crippen molar-refractivity contribution in [2.24, 2.45) is 11.7 Å². The lowest BCUT2D eigenvalue weighted by atomic mass is 9.84. The molecule has 1 aliphatic rings. The molecule has 0 saturated carbocycles. The molecule has 3 amide bonds. The number of carbonyl (C=O) groups is 2. The van der Waals surface area contributed by atoms with Crippen molar-refractivity contribution in [3.05, 3.63) is 131 Å². The van der Waals surface area contributed by atoms with Crippen molar-refractivity contribution in [2.75, 3.05) is 16.8 Å². The molecule has 10 heteroatoms. The fraction of sp³-hybridized carbons (Fsp3) is 0.263. The number of hydrogen-bond donors (Lipinski definition) is 3. The van der Waals surface area contributed by atoms with Gasteiger partial charge in [0.2, 0.25) is 0 Å². The molecule has 0 aromatic heterocycles. The van der Waals surface area contributed by atoms with Gasteiger partial charge in [-0.2, -0.15) is 10.5 Å². The first-order chi connectivity index (χ1) is 23.3. The lowest BCUT2D eigenvalue weighted by Gasteiger charge is -2.39. The zero-order valence-corrected chi connectivity index (χ0v) is 26.4. The molecular formula is C38H37FN6O3. The number of amides is 3. The van der Waals surface area contributed by atoms with E-state index < -0.39 is 24.3 Å². The summed E-state index contributed by atoms with van der Waals surface area (Å²) in [7, 11) is 0. The highest BCUT2D eigenvalue weighted by molar-refractivity contribution is 5.92. The van der Waals surface area contributed by atoms with E-state index in [9.17, 15) is 24.5 Å². The van der Waals surface area contributed by atoms with Gasteiger partial charge >= 0.3 is 12.1 Å². The number of ether oxygens (including phenoxy) is 1. The van der Waals surface area contributed by atoms with Gasteiger partial charge < -0.3 is 15.8 Å². The standard InChI is InChI=1S/C38H37FN6O3/c39-31-14-12-27(13-15-31)18-28-16-17-43-33(19-28)23-36(48-38(47)44-32-10-4-8-29(20-32)24-40)35(22-26-6-2-1-3-7-26)45(37(42)46)34-11-5-9-30(21-34)25-41/h1-15,20-21,28,33,35-36,43H,16-19,22-23H2,(H2,42,46)(H,44,47)/t28?,33?,35-,36+/m1/s1. The summed E-state index contributed by atoms with van der Waals surface area (Å²) in [5.74, 6) is 0.0281. The Morgan fingerprint density at radius 2 is 1.65 bits per heavy atom. The van der Waals surface area contributed by atoms with E-state index in [2.05, 4.69) is 22.8 Å². The summed E-state index contributed by atoms with van der Waals surface area (Å²) in [6, 6.07) is 31.8. The topological polar surface area (TPSA) is 144 Å². The second kappa shape index (κ2) is 16.2. The molecule has 2 unspecified atom stereocenters. The summed E-state index contributed by atoms with van der Waals surface area (Å²) in [5, 5.41) is 25.3. The molecule has 0 radical (unpaired) electrons. The van der Waals surface area contributed by atoms with Gasteiger partial charge in [0.05, 0.1) is 29.3 Å². The van der Waals surface area contributed by atoms with Crippen LogP contribution in [0.25, 0.3) is 0 Å². The Kier molecular flexibility index (Phi) is 11.4. The van der Waals surface area contributed by atoms with E-state index in [0.717, 1.165) is 36.9 Å². The lowest BCUT2D eigenvalue weighted by Crippen LogP contribution is -2.54. The van der Waals surface area contributed by atoms with Gasteiger partial charge in [-0.1, -0.05) is 54.6 Å². The van der Waals surface area contributed by atoms with Crippen LogP contribution in [0.5, 0.6) is 0 Å². The minimum atomic E-state index is -0.857. The fourth-order valence-electron chi connectivity index (χ4n) is 6.38. The molecule has 4 N–H and O–H groups in total. The number of primary amides is 1. The van der Waals surface area contributed by atoms with Gasteiger partial charge in [-0.3, -0.25) is 10.2 Å². The van der Waals surface area contributed by atoms with Crippen molar-refractivity contribution < 1.29 is 18.7 Å². The molecule has 4 aromatic rings. The minimum Gasteiger partial charge on any atom is -0.444 e. The van der Waals surface area contributed by atoms with Crippen LogP contribution in [-0.2, 0) is 17.6 Å². The van der Waals surface area contributed by atoms with E-state index in [0.29, 0.717) is 41.3 Å². The Morgan fingerprint density at radius 1 is 0.938 bits per heavy atom. The fourth-order valence-corrected chi connectivity index (χ4v) is 6.38. The first-order valence-electron chi connectivity index (χ1n) is 15.9. The van der Waals surface area contributed by atoms with E-state index in [4.69, 9.17) is 10.5 Å². The van der Waals surface area contributed by atoms with Crippen molar-refractivity contribution in [3.63, 3.8) is 0 Å². The summed E-state index contributed by atoms with van der Waals surface area (Å²) < 4.78 is 19.8. The van der Waals surface area contributed by atoms with Gasteiger partial charge in [0.1, 0.15) is 11.9 Å². The molecule has 0 bridgehead atoms. The lowest BCUT2D eigenvalue weighted by molar-refractivity contribution is 0.0746. The van der Waals surface area contributed by atoms with Crippen LogP contribution in [0, 0.1) is 34.4 Å². The number of benzene rings is 4. The Morgan fingerprint density at radius 3 is 2.35 bits per heavy atom. The molecule has 0 spiro atoms. The number of halogens is 1. The summed E-state index contributed by atoms with van der Waals surface area (Å²) in [6.07, 6.45) is 1.52. The number of nitrogens with one attached hydrogen (secondary N) is 2. The van der Waals surface area contributed by atoms with Crippen molar-refractivity contribution in [2.45, 2.75) is 50.3 Å². The van der Waals surface area contributed by atoms with Gasteiger partial charge in [0.15, 0.2) is 0 Å². The smallest absolute Gasteiger partial charge is 0.411 e. The molecule has 4 aromatic carbocycles. The van der Waals surface area contributed by atoms with Crippen LogP contribution in [0.2, 0.25) is 0 Å². The summed E-state index contributed by atoms with van der Waals surface area (Å²) >= 11 is 0. The highest BCUT2D eigenvalue weighted by atomic mass is 19.1. The van der Waals surface area contributed by atoms with Crippen LogP contribution >= 0.6 is 0 Å². The number of anilines is 2. The molecule has 5 rings (SSSR count). The SMILES string of the molecule is N#Cc1cccc(NC(=O)O[C@@H](CC2CC(Cc3ccc(F)cc3)CCN2)[C@@H](Cc2ccccc2)N(C(N)=O)c2cccc(C#N)c2)c1. The summed E-state index contributed by atoms with van der Waals surface area (Å²) in [6.45, 7) is 0.740. The molecule has 9 nitrogen and oxygen atoms in total. The molecule has 244 valence electrons. The molecule has 0 aliphatic carbocycles. The van der Waals surface area contributed by atoms with E-state index in [1.54, 1.807) is 60.7 Å². The third-order valence-electron chi connectivity index (χ3n) is 8.59. The molecule has 1 heterocycles. The van der Waals surface area contributed by atoms with E-state index in [-0.39, 0.29) is 11.9 Å². The van der Waals surface area contributed by atoms with Gasteiger partial charge in [-0.15, -0.1) is 0 Å². The van der Waals surface area contributed by atoms with E-state index >= 15 is 0 Å². The first kappa shape index (κ1) is 33.6. The third-order valence-corrected chi connectivity index (χ3v) is 8.59. The minimum absolute atomic E-state index is 0.0812. The Bertz CT molecular complexity index is 1790. The zero-order valence-electron chi connectivity index (χ0n) is 26.4. The Balaban J connectivity index is 1.48. The monoisotopic (exact) mass is 644 g/mol. The number of carbonyl (C=O) groups excluding carboxylic acids is 2. The summed E-state index contributed by atoms with van der Waals surface area (Å²) in [4.78, 5) is 28.2. The maximum atomic E-state index is 13.5. The normalized spacial score (nSPS) is 16.8. The Hall–Kier alpha value is -5.71. The molecular weight excluding hydrogens is 607 g/mol. The van der Waals surface area contributed by atoms with Gasteiger partial charge in [-0.05, 0) is 97.8 Å². The third kappa shape index (κ3) is 9.18. The predicted octanol–water partition coefficient (Wildman–Crippen LogP) is 6.68. The van der Waals surface area contributed by atoms with Crippen LogP contribution in [0.1, 0.15) is 41.5 Å². The first-order valence-corrected chi connectivity index (χ1v) is 15.9. The van der Waals surface area contributed by atoms with Crippen LogP contribution in [0.15, 0.2) is 103 Å². The average molecular weight is 645 g/mol. The number of nitrogens with zero attached hydrogens (tertiary/aromatic N) is 3. The number of urea groups is 1. The van der Waals surface area contributed by atoms with E-state index in [1.165, 1.54) is 17.0 Å². The summed E-state index contributed by atoms with van der Waals surface area (Å²) in [5.41, 5.74) is 9.53. The molecule has 4 atom stereocenters. The second-order valence-corrected chi connectivity index (χ2v) is 12.0. The maximum Gasteiger partial charge on any atom is 0.411 e. The van der Waals surface area contributed by atoms with Crippen LogP contribution in [-0.4, -0.2) is 36.9 Å². The van der Waals surface area contributed by atoms with Crippen molar-refractivity contribution in [3.8, 4) is 12.1 Å². The Labute approximate surface area is 279 Å². The van der Waals surface area contributed by atoms with Crippen LogP contribution < -0.4 is 21.3 Å². The molecule has 1 saturated heterocycles. The highest BCUT2D eigenvalue weighted by Crippen LogP contribution is 2.30. The van der Waals surface area contributed by atoms with Gasteiger partial charge in [-0.25, -0.2) is 14.0 Å². The van der Waals surface area contributed by atoms with Crippen molar-refractivity contribution in [1.82, 2.24) is 5.32 Å². The van der Waals surface area contributed by atoms with Crippen molar-refractivity contribution in [1.29, 1.82) is 10.5 Å². The molecule has 48 heavy (non-hydrogen) atoms. The quantitative estimate of drug-likeness (QED) is 0.166. The maximum absolute atomic E-state index is 13.5. The van der Waals surface area contributed by atoms with Crippen LogP contribution in [0.3, 0.4) is 0 Å². The number of nitrogens with two attached hydrogens (primary N) is 1. The predicted molar refractivity (Wildman–Crippen MR) is 181 cm³/mol.